The number of nitrogens with zero attached hydrogens (tertiary/aromatic N) is 2. The molecular weight excluding hydrogens is 709 g/mol. The Morgan fingerprint density at radius 2 is 1.00 bits per heavy atom. The Morgan fingerprint density at radius 1 is 0.571 bits per heavy atom. The van der Waals surface area contributed by atoms with Crippen molar-refractivity contribution < 1.29 is 0 Å². The van der Waals surface area contributed by atoms with Crippen molar-refractivity contribution >= 4 is 71.3 Å². The largest absolute Gasteiger partial charge is 0.311 e. The molecule has 0 fully saturated rings. The zero-order chi connectivity index (χ0) is 40.2. The number of aryl methyl sites for hydroxylation is 2. The highest BCUT2D eigenvalue weighted by molar-refractivity contribution is 6.89. The second-order valence-electron chi connectivity index (χ2n) is 18.2. The average Bonchev–Trinajstić information content (AvgIpc) is 3.35. The van der Waals surface area contributed by atoms with Crippen molar-refractivity contribution in [2.24, 2.45) is 0 Å². The van der Waals surface area contributed by atoms with Crippen LogP contribution in [0.4, 0.5) is 28.4 Å². The summed E-state index contributed by atoms with van der Waals surface area (Å²) >= 11 is 0. The molecule has 0 bridgehead atoms. The molecule has 0 radical (unpaired) electrons. The van der Waals surface area contributed by atoms with Gasteiger partial charge >= 0.3 is 0 Å². The van der Waals surface area contributed by atoms with Gasteiger partial charge in [-0.1, -0.05) is 154 Å². The molecule has 4 heteroatoms. The number of fused-ring (bicyclic) bond motifs is 3. The minimum Gasteiger partial charge on any atom is -0.311 e. The molecule has 1 aliphatic carbocycles. The maximum Gasteiger partial charge on any atom is 0.0775 e. The van der Waals surface area contributed by atoms with Crippen LogP contribution in [0.1, 0.15) is 43.0 Å². The highest BCUT2D eigenvalue weighted by Crippen LogP contribution is 2.53. The molecule has 0 atom stereocenters. The summed E-state index contributed by atoms with van der Waals surface area (Å²) in [6.45, 7) is 30.3. The van der Waals surface area contributed by atoms with Crippen molar-refractivity contribution in [3.8, 4) is 0 Å². The molecule has 0 aliphatic heterocycles. The molecule has 0 N–H and O–H groups in total. The van der Waals surface area contributed by atoms with Crippen molar-refractivity contribution in [2.75, 3.05) is 9.80 Å². The van der Waals surface area contributed by atoms with Gasteiger partial charge in [0.1, 0.15) is 0 Å². The Labute approximate surface area is 338 Å². The lowest BCUT2D eigenvalue weighted by Gasteiger charge is -2.31. The Kier molecular flexibility index (Phi) is 10.3. The third-order valence-electron chi connectivity index (χ3n) is 11.7. The minimum absolute atomic E-state index is 0.284. The van der Waals surface area contributed by atoms with E-state index in [4.69, 9.17) is 0 Å². The highest BCUT2D eigenvalue weighted by atomic mass is 28.3. The molecule has 284 valence electrons. The average molecular weight is 767 g/mol. The van der Waals surface area contributed by atoms with E-state index in [-0.39, 0.29) is 5.41 Å². The van der Waals surface area contributed by atoms with Gasteiger partial charge in [0, 0.05) is 39.2 Å². The van der Waals surface area contributed by atoms with Crippen molar-refractivity contribution in [1.82, 2.24) is 0 Å². The van der Waals surface area contributed by atoms with Crippen LogP contribution in [0.25, 0.3) is 16.3 Å². The summed E-state index contributed by atoms with van der Waals surface area (Å²) < 4.78 is 0. The predicted octanol–water partition coefficient (Wildman–Crippen LogP) is 14.0. The maximum atomic E-state index is 4.42. The molecule has 6 aromatic carbocycles. The Morgan fingerprint density at radius 3 is 1.46 bits per heavy atom. The van der Waals surface area contributed by atoms with Crippen LogP contribution < -0.4 is 20.2 Å². The van der Waals surface area contributed by atoms with Gasteiger partial charge in [0.2, 0.25) is 0 Å². The lowest BCUT2D eigenvalue weighted by atomic mass is 9.79. The molecule has 0 heterocycles. The van der Waals surface area contributed by atoms with Crippen LogP contribution in [0.2, 0.25) is 39.3 Å². The number of hydrogen-bond donors (Lipinski definition) is 0. The van der Waals surface area contributed by atoms with Crippen LogP contribution in [0.3, 0.4) is 0 Å². The topological polar surface area (TPSA) is 6.48 Å². The second kappa shape index (κ2) is 14.7. The molecule has 0 saturated carbocycles. The van der Waals surface area contributed by atoms with Crippen LogP contribution in [-0.4, -0.2) is 16.1 Å². The number of rotatable bonds is 10. The summed E-state index contributed by atoms with van der Waals surface area (Å²) in [5.74, 6) is 0. The third-order valence-corrected chi connectivity index (χ3v) is 15.8. The first-order chi connectivity index (χ1) is 26.5. The SMILES string of the molecule is C=C/C(=C\C1=C(C)c2c(cc(N(c3ccc(C)cc3)c3ccc([Si](C)(C)C)cc3)c3ccccc23)C1(C)C)N(c1ccc(C)cc1)c1ccc([Si](C)(C)C)cc1. The van der Waals surface area contributed by atoms with Crippen LogP contribution >= 0.6 is 0 Å². The summed E-state index contributed by atoms with van der Waals surface area (Å²) in [5, 5.41) is 5.44. The Balaban J connectivity index is 1.42. The van der Waals surface area contributed by atoms with Crippen LogP contribution in [0, 0.1) is 13.8 Å². The summed E-state index contributed by atoms with van der Waals surface area (Å²) in [6, 6.07) is 47.9. The summed E-state index contributed by atoms with van der Waals surface area (Å²) in [4.78, 5) is 4.83. The van der Waals surface area contributed by atoms with Gasteiger partial charge in [0.15, 0.2) is 0 Å². The summed E-state index contributed by atoms with van der Waals surface area (Å²) in [7, 11) is -2.93. The molecule has 1 aliphatic rings. The van der Waals surface area contributed by atoms with Gasteiger partial charge in [-0.3, -0.25) is 0 Å². The molecule has 0 saturated heterocycles. The lowest BCUT2D eigenvalue weighted by molar-refractivity contribution is 0.653. The highest BCUT2D eigenvalue weighted by Gasteiger charge is 2.38. The van der Waals surface area contributed by atoms with Crippen LogP contribution in [-0.2, 0) is 5.41 Å². The standard InChI is InChI=1S/C52H58N2Si2/c1-13-39(53(40-22-18-36(2)19-23-40)41-26-30-44(31-27-41)55(7,8)9)34-48-38(4)51-47-17-15-14-16-46(47)50(35-49(51)52(48,5)6)54(42-24-20-37(3)21-25-42)43-28-32-45(33-29-43)56(10,11)12/h13-35H,1H2,2-12H3/b39-34+. The van der Waals surface area contributed by atoms with E-state index in [1.807, 2.05) is 6.08 Å². The third kappa shape index (κ3) is 7.29. The fourth-order valence-corrected chi connectivity index (χ4v) is 10.7. The number of allylic oxidation sites excluding steroid dienone is 4. The first-order valence-corrected chi connectivity index (χ1v) is 27.1. The lowest BCUT2D eigenvalue weighted by Crippen LogP contribution is -2.37. The Hall–Kier alpha value is -5.17. The normalized spacial score (nSPS) is 14.2. The fourth-order valence-electron chi connectivity index (χ4n) is 8.32. The van der Waals surface area contributed by atoms with E-state index in [0.29, 0.717) is 0 Å². The van der Waals surface area contributed by atoms with Crippen LogP contribution in [0.5, 0.6) is 0 Å². The molecule has 56 heavy (non-hydrogen) atoms. The van der Waals surface area contributed by atoms with E-state index in [1.165, 1.54) is 65.9 Å². The van der Waals surface area contributed by atoms with Gasteiger partial charge in [-0.2, -0.15) is 0 Å². The number of benzene rings is 6. The van der Waals surface area contributed by atoms with Crippen molar-refractivity contribution in [3.05, 3.63) is 180 Å². The van der Waals surface area contributed by atoms with E-state index >= 15 is 0 Å². The van der Waals surface area contributed by atoms with Gasteiger partial charge < -0.3 is 9.80 Å². The number of anilines is 5. The van der Waals surface area contributed by atoms with Crippen LogP contribution in [0.15, 0.2) is 157 Å². The zero-order valence-electron chi connectivity index (χ0n) is 35.4. The molecular formula is C52H58N2Si2. The molecule has 0 spiro atoms. The van der Waals surface area contributed by atoms with E-state index in [2.05, 4.69) is 224 Å². The van der Waals surface area contributed by atoms with E-state index in [0.717, 1.165) is 22.8 Å². The van der Waals surface area contributed by atoms with E-state index in [9.17, 15) is 0 Å². The van der Waals surface area contributed by atoms with Gasteiger partial charge in [-0.25, -0.2) is 0 Å². The summed E-state index contributed by atoms with van der Waals surface area (Å²) in [5.41, 5.74) is 14.3. The molecule has 7 rings (SSSR count). The van der Waals surface area contributed by atoms with Crippen molar-refractivity contribution in [2.45, 2.75) is 79.3 Å². The van der Waals surface area contributed by atoms with Gasteiger partial charge in [-0.15, -0.1) is 0 Å². The zero-order valence-corrected chi connectivity index (χ0v) is 37.4. The predicted molar refractivity (Wildman–Crippen MR) is 253 cm³/mol. The first kappa shape index (κ1) is 39.1. The molecule has 0 unspecified atom stereocenters. The number of hydrogen-bond acceptors (Lipinski definition) is 2. The van der Waals surface area contributed by atoms with Crippen molar-refractivity contribution in [1.29, 1.82) is 0 Å². The maximum absolute atomic E-state index is 4.42. The molecule has 2 nitrogen and oxygen atoms in total. The fraction of sp³-hybridized carbons (Fsp3) is 0.231. The quantitative estimate of drug-likeness (QED) is 0.101. The van der Waals surface area contributed by atoms with Gasteiger partial charge in [0.05, 0.1) is 21.8 Å². The van der Waals surface area contributed by atoms with E-state index < -0.39 is 16.1 Å². The monoisotopic (exact) mass is 766 g/mol. The molecule has 6 aromatic rings. The molecule has 0 amide bonds. The van der Waals surface area contributed by atoms with Crippen molar-refractivity contribution in [3.63, 3.8) is 0 Å². The smallest absolute Gasteiger partial charge is 0.0775 e. The summed E-state index contributed by atoms with van der Waals surface area (Å²) in [6.07, 6.45) is 4.42. The minimum atomic E-state index is -1.47. The van der Waals surface area contributed by atoms with Gasteiger partial charge in [0.25, 0.3) is 0 Å². The first-order valence-electron chi connectivity index (χ1n) is 20.1. The van der Waals surface area contributed by atoms with E-state index in [1.54, 1.807) is 0 Å². The Bertz CT molecular complexity index is 2470. The van der Waals surface area contributed by atoms with Gasteiger partial charge in [-0.05, 0) is 115 Å². The molecule has 0 aromatic heterocycles. The second-order valence-corrected chi connectivity index (χ2v) is 28.4.